The number of amides is 2. The van der Waals surface area contributed by atoms with Gasteiger partial charge in [0.25, 0.3) is 10.0 Å². The summed E-state index contributed by atoms with van der Waals surface area (Å²) in [5, 5.41) is 2.28. The largest absolute Gasteiger partial charge is 0.346 e. The number of hydrogen-bond donors (Lipinski definition) is 3. The van der Waals surface area contributed by atoms with Gasteiger partial charge in [-0.15, -0.1) is 4.83 Å². The van der Waals surface area contributed by atoms with Crippen LogP contribution in [0.5, 0.6) is 0 Å². The molecule has 21 heavy (non-hydrogen) atoms. The number of halogens is 2. The molecule has 1 aromatic rings. The molecule has 1 rings (SSSR count). The molecule has 0 saturated heterocycles. The average Bonchev–Trinajstić information content (AvgIpc) is 2.34. The monoisotopic (exact) mass is 337 g/mol. The minimum absolute atomic E-state index is 0.0202. The third kappa shape index (κ3) is 4.96. The zero-order valence-corrected chi connectivity index (χ0v) is 12.7. The average molecular weight is 338 g/mol. The van der Waals surface area contributed by atoms with Gasteiger partial charge in [-0.2, -0.15) is 0 Å². The highest BCUT2D eigenvalue weighted by Gasteiger charge is 2.22. The molecule has 0 spiro atoms. The highest BCUT2D eigenvalue weighted by atomic mass is 35.5. The standard InChI is InChI=1S/C11H13ClFN3O4S/c1-6(2)14-10(17)11(18)15-16-21(19,20)9-4-3-7(12)5-8(9)13/h3-6,16H,1-2H3,(H,14,17)(H,15,18). The SMILES string of the molecule is CC(C)NC(=O)C(=O)NNS(=O)(=O)c1ccc(Cl)cc1F. The fourth-order valence-corrected chi connectivity index (χ4v) is 2.30. The van der Waals surface area contributed by atoms with Gasteiger partial charge >= 0.3 is 11.8 Å². The van der Waals surface area contributed by atoms with Gasteiger partial charge in [0.1, 0.15) is 10.7 Å². The van der Waals surface area contributed by atoms with Gasteiger partial charge in [0.2, 0.25) is 0 Å². The molecule has 0 unspecified atom stereocenters. The summed E-state index contributed by atoms with van der Waals surface area (Å²) in [5.74, 6) is -3.33. The van der Waals surface area contributed by atoms with E-state index < -0.39 is 32.6 Å². The van der Waals surface area contributed by atoms with Crippen LogP contribution in [-0.2, 0) is 19.6 Å². The second-order valence-electron chi connectivity index (χ2n) is 4.26. The smallest absolute Gasteiger partial charge is 0.324 e. The number of hydrogen-bond acceptors (Lipinski definition) is 4. The van der Waals surface area contributed by atoms with Crippen LogP contribution in [0.2, 0.25) is 5.02 Å². The van der Waals surface area contributed by atoms with E-state index in [1.165, 1.54) is 6.07 Å². The van der Waals surface area contributed by atoms with Crippen molar-refractivity contribution in [3.8, 4) is 0 Å². The maximum Gasteiger partial charge on any atom is 0.324 e. The number of sulfonamides is 1. The van der Waals surface area contributed by atoms with Gasteiger partial charge in [-0.1, -0.05) is 11.6 Å². The summed E-state index contributed by atoms with van der Waals surface area (Å²) in [6, 6.07) is 2.62. The van der Waals surface area contributed by atoms with Crippen molar-refractivity contribution in [2.45, 2.75) is 24.8 Å². The van der Waals surface area contributed by atoms with Gasteiger partial charge < -0.3 is 5.32 Å². The highest BCUT2D eigenvalue weighted by Crippen LogP contribution is 2.18. The minimum atomic E-state index is -4.36. The molecule has 0 heterocycles. The molecule has 2 amide bonds. The molecule has 0 fully saturated rings. The molecule has 0 aliphatic heterocycles. The third-order valence-corrected chi connectivity index (χ3v) is 3.62. The Morgan fingerprint density at radius 1 is 1.24 bits per heavy atom. The van der Waals surface area contributed by atoms with Crippen molar-refractivity contribution < 1.29 is 22.4 Å². The molecule has 0 aliphatic rings. The zero-order valence-electron chi connectivity index (χ0n) is 11.1. The second kappa shape index (κ2) is 6.83. The first-order chi connectivity index (χ1) is 9.63. The first-order valence-electron chi connectivity index (χ1n) is 5.71. The lowest BCUT2D eigenvalue weighted by molar-refractivity contribution is -0.139. The van der Waals surface area contributed by atoms with E-state index in [9.17, 15) is 22.4 Å². The number of carbonyl (C=O) groups is 2. The molecule has 116 valence electrons. The topological polar surface area (TPSA) is 104 Å². The van der Waals surface area contributed by atoms with Gasteiger partial charge in [0.05, 0.1) is 0 Å². The van der Waals surface area contributed by atoms with Crippen LogP contribution in [0.1, 0.15) is 13.8 Å². The summed E-state index contributed by atoms with van der Waals surface area (Å²) in [6.07, 6.45) is 0. The molecule has 10 heteroatoms. The summed E-state index contributed by atoms with van der Waals surface area (Å²) in [7, 11) is -4.36. The molecule has 0 aliphatic carbocycles. The molecule has 1 aromatic carbocycles. The Balaban J connectivity index is 2.78. The van der Waals surface area contributed by atoms with Crippen molar-refractivity contribution in [2.75, 3.05) is 0 Å². The predicted octanol–water partition coefficient (Wildman–Crippen LogP) is 0.313. The summed E-state index contributed by atoms with van der Waals surface area (Å²) in [6.45, 7) is 3.25. The van der Waals surface area contributed by atoms with Gasteiger partial charge in [-0.3, -0.25) is 15.0 Å². The fourth-order valence-electron chi connectivity index (χ4n) is 1.25. The fraction of sp³-hybridized carbons (Fsp3) is 0.273. The van der Waals surface area contributed by atoms with Crippen LogP contribution in [0, 0.1) is 5.82 Å². The third-order valence-electron chi connectivity index (χ3n) is 2.11. The van der Waals surface area contributed by atoms with Gasteiger partial charge in [-0.25, -0.2) is 12.8 Å². The summed E-state index contributed by atoms with van der Waals surface area (Å²) in [5.41, 5.74) is 1.68. The van der Waals surface area contributed by atoms with E-state index in [0.717, 1.165) is 12.1 Å². The van der Waals surface area contributed by atoms with Gasteiger partial charge in [-0.05, 0) is 32.0 Å². The van der Waals surface area contributed by atoms with Gasteiger partial charge in [0.15, 0.2) is 0 Å². The first kappa shape index (κ1) is 17.3. The molecule has 7 nitrogen and oxygen atoms in total. The Labute approximate surface area is 125 Å². The zero-order chi connectivity index (χ0) is 16.2. The molecular weight excluding hydrogens is 325 g/mol. The van der Waals surface area contributed by atoms with E-state index in [4.69, 9.17) is 11.6 Å². The highest BCUT2D eigenvalue weighted by molar-refractivity contribution is 7.89. The Kier molecular flexibility index (Phi) is 5.64. The number of benzene rings is 1. The van der Waals surface area contributed by atoms with Crippen molar-refractivity contribution in [2.24, 2.45) is 0 Å². The number of nitrogens with one attached hydrogen (secondary N) is 3. The quantitative estimate of drug-likeness (QED) is 0.543. The van der Waals surface area contributed by atoms with Crippen LogP contribution in [0.4, 0.5) is 4.39 Å². The molecule has 3 N–H and O–H groups in total. The van der Waals surface area contributed by atoms with Crippen molar-refractivity contribution in [3.05, 3.63) is 29.0 Å². The van der Waals surface area contributed by atoms with Crippen molar-refractivity contribution in [1.29, 1.82) is 0 Å². The van der Waals surface area contributed by atoms with Crippen LogP contribution < -0.4 is 15.6 Å². The lowest BCUT2D eigenvalue weighted by Crippen LogP contribution is -2.49. The number of hydrazine groups is 1. The first-order valence-corrected chi connectivity index (χ1v) is 7.57. The maximum absolute atomic E-state index is 13.5. The summed E-state index contributed by atoms with van der Waals surface area (Å²) in [4.78, 5) is 23.5. The van der Waals surface area contributed by atoms with E-state index in [2.05, 4.69) is 5.32 Å². The number of carbonyl (C=O) groups excluding carboxylic acids is 2. The van der Waals surface area contributed by atoms with Crippen LogP contribution in [0.15, 0.2) is 23.1 Å². The lowest BCUT2D eigenvalue weighted by Gasteiger charge is -2.10. The number of rotatable bonds is 4. The van der Waals surface area contributed by atoms with Crippen molar-refractivity contribution in [3.63, 3.8) is 0 Å². The molecule has 0 atom stereocenters. The Bertz CT molecular complexity index is 663. The van der Waals surface area contributed by atoms with E-state index >= 15 is 0 Å². The van der Waals surface area contributed by atoms with Crippen LogP contribution >= 0.6 is 11.6 Å². The van der Waals surface area contributed by atoms with Crippen molar-refractivity contribution in [1.82, 2.24) is 15.6 Å². The molecular formula is C11H13ClFN3O4S. The van der Waals surface area contributed by atoms with E-state index in [1.54, 1.807) is 24.1 Å². The summed E-state index contributed by atoms with van der Waals surface area (Å²) >= 11 is 5.51. The van der Waals surface area contributed by atoms with E-state index in [-0.39, 0.29) is 11.1 Å². The minimum Gasteiger partial charge on any atom is -0.346 e. The molecule has 0 bridgehead atoms. The Morgan fingerprint density at radius 3 is 2.38 bits per heavy atom. The predicted molar refractivity (Wildman–Crippen MR) is 73.2 cm³/mol. The lowest BCUT2D eigenvalue weighted by atomic mass is 10.3. The second-order valence-corrected chi connectivity index (χ2v) is 6.35. The maximum atomic E-state index is 13.5. The van der Waals surface area contributed by atoms with Crippen molar-refractivity contribution >= 4 is 33.4 Å². The normalized spacial score (nSPS) is 11.3. The van der Waals surface area contributed by atoms with E-state index in [0.29, 0.717) is 0 Å². The Morgan fingerprint density at radius 2 is 1.86 bits per heavy atom. The van der Waals surface area contributed by atoms with Gasteiger partial charge in [0, 0.05) is 11.1 Å². The van der Waals surface area contributed by atoms with Crippen LogP contribution in [0.25, 0.3) is 0 Å². The molecule has 0 radical (unpaired) electrons. The van der Waals surface area contributed by atoms with Crippen LogP contribution in [-0.4, -0.2) is 26.3 Å². The van der Waals surface area contributed by atoms with Crippen LogP contribution in [0.3, 0.4) is 0 Å². The Hall–Kier alpha value is -1.71. The molecule has 0 saturated carbocycles. The van der Waals surface area contributed by atoms with E-state index in [1.807, 2.05) is 0 Å². The molecule has 0 aromatic heterocycles. The summed E-state index contributed by atoms with van der Waals surface area (Å²) < 4.78 is 37.1.